The summed E-state index contributed by atoms with van der Waals surface area (Å²) in [5, 5.41) is 14.8. The van der Waals surface area contributed by atoms with Crippen LogP contribution in [0.3, 0.4) is 0 Å². The highest BCUT2D eigenvalue weighted by Gasteiger charge is 2.38. The topological polar surface area (TPSA) is 102 Å². The fraction of sp³-hybridized carbons (Fsp3) is 0.118. The molecule has 0 saturated carbocycles. The number of primary amides is 1. The molecular weight excluding hydrogens is 294 g/mol. The first kappa shape index (κ1) is 14.9. The molecule has 6 heteroatoms. The summed E-state index contributed by atoms with van der Waals surface area (Å²) in [6.07, 6.45) is 0. The molecule has 0 aliphatic rings. The normalized spacial score (nSPS) is 13.5. The van der Waals surface area contributed by atoms with Gasteiger partial charge in [0.25, 0.3) is 5.91 Å². The molecule has 3 rings (SSSR count). The molecule has 0 aliphatic heterocycles. The average molecular weight is 309 g/mol. The highest BCUT2D eigenvalue weighted by atomic mass is 16.5. The quantitative estimate of drug-likeness (QED) is 0.764. The molecule has 23 heavy (non-hydrogen) atoms. The van der Waals surface area contributed by atoms with Gasteiger partial charge in [-0.15, -0.1) is 0 Å². The fourth-order valence-corrected chi connectivity index (χ4v) is 2.43. The zero-order valence-corrected chi connectivity index (χ0v) is 12.4. The summed E-state index contributed by atoms with van der Waals surface area (Å²) in [6, 6.07) is 15.3. The Hall–Kier alpha value is -2.99. The van der Waals surface area contributed by atoms with E-state index in [0.29, 0.717) is 28.4 Å². The van der Waals surface area contributed by atoms with Crippen molar-refractivity contribution in [2.75, 3.05) is 0 Å². The van der Waals surface area contributed by atoms with Gasteiger partial charge in [-0.2, -0.15) is 4.98 Å². The lowest BCUT2D eigenvalue weighted by molar-refractivity contribution is -0.133. The van der Waals surface area contributed by atoms with E-state index in [2.05, 4.69) is 10.1 Å². The Bertz CT molecular complexity index is 845. The lowest BCUT2D eigenvalue weighted by atomic mass is 9.85. The van der Waals surface area contributed by atoms with Crippen LogP contribution in [0.2, 0.25) is 0 Å². The number of rotatable bonds is 4. The first-order valence-corrected chi connectivity index (χ1v) is 7.01. The van der Waals surface area contributed by atoms with Gasteiger partial charge in [-0.05, 0) is 17.2 Å². The van der Waals surface area contributed by atoms with Gasteiger partial charge >= 0.3 is 0 Å². The number of nitrogens with zero attached hydrogens (tertiary/aromatic N) is 2. The van der Waals surface area contributed by atoms with Crippen LogP contribution < -0.4 is 5.73 Å². The van der Waals surface area contributed by atoms with Crippen LogP contribution in [0.4, 0.5) is 0 Å². The van der Waals surface area contributed by atoms with Crippen molar-refractivity contribution in [3.05, 3.63) is 71.6 Å². The molecule has 6 nitrogen and oxygen atoms in total. The maximum atomic E-state index is 12.0. The second kappa shape index (κ2) is 5.66. The number of benzene rings is 2. The second-order valence-corrected chi connectivity index (χ2v) is 5.16. The van der Waals surface area contributed by atoms with Crippen molar-refractivity contribution in [1.82, 2.24) is 10.1 Å². The van der Waals surface area contributed by atoms with E-state index in [9.17, 15) is 9.90 Å². The number of nitrogens with two attached hydrogens (primary N) is 1. The van der Waals surface area contributed by atoms with Gasteiger partial charge in [-0.3, -0.25) is 4.79 Å². The molecule has 0 radical (unpaired) electrons. The van der Waals surface area contributed by atoms with Crippen molar-refractivity contribution in [3.63, 3.8) is 0 Å². The van der Waals surface area contributed by atoms with Gasteiger partial charge in [-0.25, -0.2) is 0 Å². The average Bonchev–Trinajstić information content (AvgIpc) is 3.01. The molecule has 0 spiro atoms. The highest BCUT2D eigenvalue weighted by Crippen LogP contribution is 2.31. The standard InChI is InChI=1S/C17H15N3O3/c1-11-19-15(20-23-11)12-6-5-9-14(10-12)17(22,16(18)21)13-7-3-2-4-8-13/h2-10,22H,1H3,(H2,18,21). The summed E-state index contributed by atoms with van der Waals surface area (Å²) in [6.45, 7) is 1.68. The molecule has 0 saturated heterocycles. The molecule has 0 aliphatic carbocycles. The fourth-order valence-electron chi connectivity index (χ4n) is 2.43. The zero-order valence-electron chi connectivity index (χ0n) is 12.4. The third kappa shape index (κ3) is 2.60. The molecule has 1 atom stereocenters. The third-order valence-corrected chi connectivity index (χ3v) is 3.61. The van der Waals surface area contributed by atoms with Gasteiger partial charge in [0.2, 0.25) is 11.7 Å². The van der Waals surface area contributed by atoms with Crippen LogP contribution in [0.5, 0.6) is 0 Å². The second-order valence-electron chi connectivity index (χ2n) is 5.16. The predicted octanol–water partition coefficient (Wildman–Crippen LogP) is 1.77. The molecule has 3 aromatic rings. The number of carbonyl (C=O) groups excluding carboxylic acids is 1. The number of aryl methyl sites for hydroxylation is 1. The largest absolute Gasteiger partial charge is 0.372 e. The summed E-state index contributed by atoms with van der Waals surface area (Å²) in [5.74, 6) is -0.0481. The molecule has 1 heterocycles. The molecule has 1 aromatic heterocycles. The van der Waals surface area contributed by atoms with Crippen molar-refractivity contribution in [1.29, 1.82) is 0 Å². The van der Waals surface area contributed by atoms with E-state index in [1.54, 1.807) is 61.5 Å². The Morgan fingerprint density at radius 3 is 2.43 bits per heavy atom. The zero-order chi connectivity index (χ0) is 16.4. The Morgan fingerprint density at radius 1 is 1.13 bits per heavy atom. The van der Waals surface area contributed by atoms with Crippen molar-refractivity contribution >= 4 is 5.91 Å². The van der Waals surface area contributed by atoms with Crippen molar-refractivity contribution in [2.24, 2.45) is 5.73 Å². The van der Waals surface area contributed by atoms with E-state index in [0.717, 1.165) is 0 Å². The third-order valence-electron chi connectivity index (χ3n) is 3.61. The molecular formula is C17H15N3O3. The summed E-state index contributed by atoms with van der Waals surface area (Å²) in [7, 11) is 0. The minimum absolute atomic E-state index is 0.344. The number of carbonyl (C=O) groups is 1. The summed E-state index contributed by atoms with van der Waals surface area (Å²) < 4.78 is 4.96. The van der Waals surface area contributed by atoms with Crippen molar-refractivity contribution in [2.45, 2.75) is 12.5 Å². The molecule has 116 valence electrons. The Labute approximate surface area is 132 Å². The van der Waals surface area contributed by atoms with Crippen LogP contribution in [0, 0.1) is 6.92 Å². The van der Waals surface area contributed by atoms with Crippen LogP contribution in [-0.4, -0.2) is 21.2 Å². The monoisotopic (exact) mass is 309 g/mol. The van der Waals surface area contributed by atoms with E-state index >= 15 is 0 Å². The summed E-state index contributed by atoms with van der Waals surface area (Å²) >= 11 is 0. The summed E-state index contributed by atoms with van der Waals surface area (Å²) in [4.78, 5) is 16.1. The van der Waals surface area contributed by atoms with Gasteiger partial charge in [0.1, 0.15) is 0 Å². The molecule has 1 amide bonds. The number of amides is 1. The van der Waals surface area contributed by atoms with E-state index in [1.807, 2.05) is 0 Å². The predicted molar refractivity (Wildman–Crippen MR) is 83.1 cm³/mol. The molecule has 0 fully saturated rings. The highest BCUT2D eigenvalue weighted by molar-refractivity contribution is 5.89. The maximum absolute atomic E-state index is 12.0. The first-order chi connectivity index (χ1) is 11.0. The smallest absolute Gasteiger partial charge is 0.258 e. The van der Waals surface area contributed by atoms with E-state index in [-0.39, 0.29) is 0 Å². The number of aliphatic hydroxyl groups is 1. The molecule has 3 N–H and O–H groups in total. The van der Waals surface area contributed by atoms with Crippen LogP contribution in [0.15, 0.2) is 59.1 Å². The Balaban J connectivity index is 2.13. The van der Waals surface area contributed by atoms with Crippen molar-refractivity contribution in [3.8, 4) is 11.4 Å². The number of hydrogen-bond donors (Lipinski definition) is 2. The SMILES string of the molecule is Cc1nc(-c2cccc(C(O)(C(N)=O)c3ccccc3)c2)no1. The van der Waals surface area contributed by atoms with Crippen LogP contribution in [0.25, 0.3) is 11.4 Å². The van der Waals surface area contributed by atoms with E-state index < -0.39 is 11.5 Å². The van der Waals surface area contributed by atoms with Crippen molar-refractivity contribution < 1.29 is 14.4 Å². The minimum atomic E-state index is -1.93. The van der Waals surface area contributed by atoms with E-state index in [1.165, 1.54) is 0 Å². The molecule has 1 unspecified atom stereocenters. The minimum Gasteiger partial charge on any atom is -0.372 e. The van der Waals surface area contributed by atoms with Gasteiger partial charge < -0.3 is 15.4 Å². The molecule has 0 bridgehead atoms. The lowest BCUT2D eigenvalue weighted by Gasteiger charge is -2.26. The van der Waals surface area contributed by atoms with Crippen LogP contribution in [-0.2, 0) is 10.4 Å². The van der Waals surface area contributed by atoms with Gasteiger partial charge in [-0.1, -0.05) is 53.7 Å². The lowest BCUT2D eigenvalue weighted by Crippen LogP contribution is -2.42. The van der Waals surface area contributed by atoms with Gasteiger partial charge in [0.15, 0.2) is 5.60 Å². The first-order valence-electron chi connectivity index (χ1n) is 7.01. The van der Waals surface area contributed by atoms with E-state index in [4.69, 9.17) is 10.3 Å². The number of aromatic nitrogens is 2. The summed E-state index contributed by atoms with van der Waals surface area (Å²) in [5.41, 5.74) is 4.92. The Kier molecular flexibility index (Phi) is 3.67. The van der Waals surface area contributed by atoms with Crippen LogP contribution >= 0.6 is 0 Å². The Morgan fingerprint density at radius 2 is 1.83 bits per heavy atom. The van der Waals surface area contributed by atoms with Gasteiger partial charge in [0.05, 0.1) is 0 Å². The number of hydrogen-bond acceptors (Lipinski definition) is 5. The van der Waals surface area contributed by atoms with Gasteiger partial charge in [0, 0.05) is 12.5 Å². The maximum Gasteiger partial charge on any atom is 0.258 e. The van der Waals surface area contributed by atoms with Crippen LogP contribution in [0.1, 0.15) is 17.0 Å². The molecule has 2 aromatic carbocycles.